The molecule has 6 nitrogen and oxygen atoms in total. The van der Waals surface area contributed by atoms with Gasteiger partial charge in [-0.05, 0) is 80.5 Å². The molecular weight excluding hydrogens is 628 g/mol. The second kappa shape index (κ2) is 22.8. The van der Waals surface area contributed by atoms with Gasteiger partial charge in [0.2, 0.25) is 0 Å². The molecule has 1 fully saturated rings. The van der Waals surface area contributed by atoms with Crippen LogP contribution in [0.25, 0.3) is 0 Å². The van der Waals surface area contributed by atoms with Gasteiger partial charge >= 0.3 is 6.18 Å². The van der Waals surface area contributed by atoms with E-state index in [9.17, 15) is 13.2 Å². The van der Waals surface area contributed by atoms with E-state index in [1.807, 2.05) is 61.6 Å². The number of nitrogens with one attached hydrogen (secondary N) is 1. The van der Waals surface area contributed by atoms with Gasteiger partial charge in [0.1, 0.15) is 23.4 Å². The van der Waals surface area contributed by atoms with Crippen LogP contribution in [0.5, 0.6) is 17.2 Å². The van der Waals surface area contributed by atoms with Crippen LogP contribution in [0.2, 0.25) is 0 Å². The Labute approximate surface area is 278 Å². The molecule has 1 saturated heterocycles. The Morgan fingerprint density at radius 3 is 1.89 bits per heavy atom. The Bertz CT molecular complexity index is 1130. The zero-order valence-electron chi connectivity index (χ0n) is 26.1. The van der Waals surface area contributed by atoms with Gasteiger partial charge in [0.15, 0.2) is 0 Å². The molecule has 0 amide bonds. The van der Waals surface area contributed by atoms with Gasteiger partial charge in [-0.15, -0.1) is 24.8 Å². The van der Waals surface area contributed by atoms with Crippen molar-refractivity contribution in [3.63, 3.8) is 0 Å². The SMILES string of the molecule is CCCCOc1ccc(OCCCN2CCOCC2)cc1.CNCCC(Oc1ccc(C(F)(F)F)cc1)c1ccccc1.Cl.Cl. The number of hydrogen-bond donors (Lipinski definition) is 1. The van der Waals surface area contributed by atoms with E-state index in [0.717, 1.165) is 107 Å². The standard InChI is InChI=1S/C17H18F3NO.C17H27NO3.2ClH/c1-21-12-11-16(13-5-3-2-4-6-13)22-15-9-7-14(8-10-15)17(18,19)20;1-2-3-12-20-16-5-7-17(8-6-16)21-13-4-9-18-10-14-19-15-11-18;;/h2-10,16,21H,11-12H2,1H3;5-8H,2-4,9-15H2,1H3;2*1H. The Balaban J connectivity index is 0.000000431. The van der Waals surface area contributed by atoms with Gasteiger partial charge in [-0.1, -0.05) is 43.7 Å². The molecule has 0 bridgehead atoms. The van der Waals surface area contributed by atoms with Gasteiger partial charge in [0.05, 0.1) is 32.0 Å². The van der Waals surface area contributed by atoms with Crippen molar-refractivity contribution in [3.05, 3.63) is 90.0 Å². The van der Waals surface area contributed by atoms with E-state index in [0.29, 0.717) is 5.75 Å². The summed E-state index contributed by atoms with van der Waals surface area (Å²) >= 11 is 0. The lowest BCUT2D eigenvalue weighted by Gasteiger charge is -2.26. The summed E-state index contributed by atoms with van der Waals surface area (Å²) in [5, 5.41) is 3.05. The highest BCUT2D eigenvalue weighted by molar-refractivity contribution is 5.85. The topological polar surface area (TPSA) is 52.2 Å². The lowest BCUT2D eigenvalue weighted by Crippen LogP contribution is -2.37. The van der Waals surface area contributed by atoms with Gasteiger partial charge < -0.3 is 24.3 Å². The Kier molecular flexibility index (Phi) is 20.4. The van der Waals surface area contributed by atoms with Crippen molar-refractivity contribution < 1.29 is 32.1 Å². The molecule has 1 unspecified atom stereocenters. The smallest absolute Gasteiger partial charge is 0.416 e. The Morgan fingerprint density at radius 2 is 1.36 bits per heavy atom. The molecule has 0 radical (unpaired) electrons. The number of halogens is 5. The first-order valence-corrected chi connectivity index (χ1v) is 15.1. The molecule has 0 aromatic heterocycles. The molecule has 0 aliphatic carbocycles. The van der Waals surface area contributed by atoms with Crippen LogP contribution in [0.3, 0.4) is 0 Å². The molecule has 3 aromatic carbocycles. The van der Waals surface area contributed by atoms with Crippen molar-refractivity contribution in [3.8, 4) is 17.2 Å². The summed E-state index contributed by atoms with van der Waals surface area (Å²) in [6.07, 6.45) is -0.505. The van der Waals surface area contributed by atoms with Gasteiger partial charge in [-0.3, -0.25) is 4.90 Å². The molecule has 1 aliphatic rings. The summed E-state index contributed by atoms with van der Waals surface area (Å²) in [6, 6.07) is 22.4. The van der Waals surface area contributed by atoms with Crippen molar-refractivity contribution >= 4 is 24.8 Å². The predicted molar refractivity (Wildman–Crippen MR) is 179 cm³/mol. The summed E-state index contributed by atoms with van der Waals surface area (Å²) in [5.74, 6) is 2.27. The van der Waals surface area contributed by atoms with Crippen LogP contribution >= 0.6 is 24.8 Å². The minimum absolute atomic E-state index is 0. The highest BCUT2D eigenvalue weighted by Gasteiger charge is 2.30. The third-order valence-electron chi connectivity index (χ3n) is 6.87. The third kappa shape index (κ3) is 15.9. The maximum Gasteiger partial charge on any atom is 0.416 e. The van der Waals surface area contributed by atoms with Crippen molar-refractivity contribution in [2.75, 3.05) is 59.7 Å². The maximum atomic E-state index is 12.6. The lowest BCUT2D eigenvalue weighted by molar-refractivity contribution is -0.137. The Morgan fingerprint density at radius 1 is 0.800 bits per heavy atom. The average molecular weight is 676 g/mol. The van der Waals surface area contributed by atoms with Crippen LogP contribution < -0.4 is 19.5 Å². The average Bonchev–Trinajstić information content (AvgIpc) is 3.03. The van der Waals surface area contributed by atoms with Crippen LogP contribution in [0.15, 0.2) is 78.9 Å². The number of morpholine rings is 1. The third-order valence-corrected chi connectivity index (χ3v) is 6.87. The fourth-order valence-electron chi connectivity index (χ4n) is 4.39. The van der Waals surface area contributed by atoms with E-state index in [1.165, 1.54) is 12.1 Å². The van der Waals surface area contributed by atoms with Crippen LogP contribution in [0.1, 0.15) is 49.8 Å². The number of hydrogen-bond acceptors (Lipinski definition) is 6. The number of nitrogens with zero attached hydrogens (tertiary/aromatic N) is 1. The quantitative estimate of drug-likeness (QED) is 0.164. The molecule has 45 heavy (non-hydrogen) atoms. The van der Waals surface area contributed by atoms with Crippen LogP contribution in [-0.2, 0) is 10.9 Å². The van der Waals surface area contributed by atoms with E-state index in [4.69, 9.17) is 18.9 Å². The summed E-state index contributed by atoms with van der Waals surface area (Å²) in [4.78, 5) is 2.43. The second-order valence-corrected chi connectivity index (χ2v) is 10.3. The normalized spacial score (nSPS) is 13.7. The molecule has 252 valence electrons. The number of ether oxygens (including phenoxy) is 4. The first-order valence-electron chi connectivity index (χ1n) is 15.1. The first kappa shape index (κ1) is 40.3. The highest BCUT2D eigenvalue weighted by Crippen LogP contribution is 2.32. The number of rotatable bonds is 15. The number of alkyl halides is 3. The Hall–Kier alpha value is -2.69. The van der Waals surface area contributed by atoms with Crippen LogP contribution in [-0.4, -0.2) is 64.6 Å². The molecule has 1 atom stereocenters. The molecular formula is C34H47Cl2F3N2O4. The fraction of sp³-hybridized carbons (Fsp3) is 0.471. The molecule has 1 heterocycles. The first-order chi connectivity index (χ1) is 20.9. The molecule has 3 aromatic rings. The van der Waals surface area contributed by atoms with Gasteiger partial charge in [-0.25, -0.2) is 0 Å². The van der Waals surface area contributed by atoms with Gasteiger partial charge in [-0.2, -0.15) is 13.2 Å². The monoisotopic (exact) mass is 674 g/mol. The van der Waals surface area contributed by atoms with Crippen molar-refractivity contribution in [1.29, 1.82) is 0 Å². The number of benzene rings is 3. The molecule has 1 aliphatic heterocycles. The van der Waals surface area contributed by atoms with E-state index in [-0.39, 0.29) is 30.9 Å². The van der Waals surface area contributed by atoms with Crippen molar-refractivity contribution in [2.24, 2.45) is 0 Å². The zero-order valence-corrected chi connectivity index (χ0v) is 27.7. The molecule has 11 heteroatoms. The van der Waals surface area contributed by atoms with Crippen LogP contribution in [0.4, 0.5) is 13.2 Å². The summed E-state index contributed by atoms with van der Waals surface area (Å²) in [7, 11) is 1.85. The second-order valence-electron chi connectivity index (χ2n) is 10.3. The van der Waals surface area contributed by atoms with E-state index in [1.54, 1.807) is 0 Å². The highest BCUT2D eigenvalue weighted by atomic mass is 35.5. The fourth-order valence-corrected chi connectivity index (χ4v) is 4.39. The minimum Gasteiger partial charge on any atom is -0.494 e. The van der Waals surface area contributed by atoms with Gasteiger partial charge in [0, 0.05) is 26.1 Å². The number of unbranched alkanes of at least 4 members (excludes halogenated alkanes) is 1. The maximum absolute atomic E-state index is 12.6. The molecule has 4 rings (SSSR count). The van der Waals surface area contributed by atoms with Crippen molar-refractivity contribution in [1.82, 2.24) is 10.2 Å². The summed E-state index contributed by atoms with van der Waals surface area (Å²) < 4.78 is 60.3. The molecule has 0 saturated carbocycles. The van der Waals surface area contributed by atoms with E-state index in [2.05, 4.69) is 17.1 Å². The van der Waals surface area contributed by atoms with Gasteiger partial charge in [0.25, 0.3) is 0 Å². The van der Waals surface area contributed by atoms with Crippen molar-refractivity contribution in [2.45, 2.75) is 44.9 Å². The van der Waals surface area contributed by atoms with E-state index >= 15 is 0 Å². The predicted octanol–water partition coefficient (Wildman–Crippen LogP) is 8.25. The largest absolute Gasteiger partial charge is 0.494 e. The molecule has 0 spiro atoms. The summed E-state index contributed by atoms with van der Waals surface area (Å²) in [5.41, 5.74) is 0.323. The van der Waals surface area contributed by atoms with E-state index < -0.39 is 11.7 Å². The minimum atomic E-state index is -4.33. The van der Waals surface area contributed by atoms with Crippen LogP contribution in [0, 0.1) is 0 Å². The lowest BCUT2D eigenvalue weighted by atomic mass is 10.1. The zero-order chi connectivity index (χ0) is 30.8. The molecule has 1 N–H and O–H groups in total. The summed E-state index contributed by atoms with van der Waals surface area (Å²) in [6.45, 7) is 9.36.